The molecule has 0 spiro atoms. The molecule has 2 N–H and O–H groups in total. The first kappa shape index (κ1) is 14.1. The topological polar surface area (TPSA) is 75.4 Å². The quantitative estimate of drug-likeness (QED) is 0.512. The highest BCUT2D eigenvalue weighted by Crippen LogP contribution is 2.29. The van der Waals surface area contributed by atoms with Gasteiger partial charge in [-0.1, -0.05) is 17.7 Å². The summed E-state index contributed by atoms with van der Waals surface area (Å²) in [5.74, 6) is -0.642. The number of nitro groups is 1. The summed E-state index contributed by atoms with van der Waals surface area (Å²) in [6.07, 6.45) is 0. The standard InChI is InChI=1S/C13H10ClFN2O3/c14-11-5-9(15)2-1-8(11)7-16-12-4-3-10(18)6-13(12)17(19)20/h1-6,16,18H,7H2. The molecule has 2 aromatic rings. The second-order valence-corrected chi connectivity index (χ2v) is 4.46. The van der Waals surface area contributed by atoms with Crippen LogP contribution in [0.2, 0.25) is 5.02 Å². The number of anilines is 1. The zero-order valence-electron chi connectivity index (χ0n) is 10.1. The van der Waals surface area contributed by atoms with Crippen LogP contribution in [0.1, 0.15) is 5.56 Å². The number of nitro benzene ring substituents is 1. The number of aromatic hydroxyl groups is 1. The maximum Gasteiger partial charge on any atom is 0.296 e. The molecule has 0 unspecified atom stereocenters. The van der Waals surface area contributed by atoms with E-state index in [2.05, 4.69) is 5.32 Å². The zero-order chi connectivity index (χ0) is 14.7. The fraction of sp³-hybridized carbons (Fsp3) is 0.0769. The molecule has 0 atom stereocenters. The van der Waals surface area contributed by atoms with Gasteiger partial charge in [-0.2, -0.15) is 0 Å². The highest BCUT2D eigenvalue weighted by Gasteiger charge is 2.14. The van der Waals surface area contributed by atoms with Gasteiger partial charge in [0.15, 0.2) is 0 Å². The van der Waals surface area contributed by atoms with Crippen LogP contribution in [0.5, 0.6) is 5.75 Å². The van der Waals surface area contributed by atoms with Gasteiger partial charge in [0.25, 0.3) is 5.69 Å². The predicted octanol–water partition coefficient (Wildman–Crippen LogP) is 3.71. The van der Waals surface area contributed by atoms with E-state index in [1.54, 1.807) is 0 Å². The zero-order valence-corrected chi connectivity index (χ0v) is 10.9. The summed E-state index contributed by atoms with van der Waals surface area (Å²) in [6.45, 7) is 0.199. The molecular formula is C13H10ClFN2O3. The smallest absolute Gasteiger partial charge is 0.296 e. The van der Waals surface area contributed by atoms with E-state index in [1.807, 2.05) is 0 Å². The van der Waals surface area contributed by atoms with Gasteiger partial charge in [0.2, 0.25) is 0 Å². The Kier molecular flexibility index (Phi) is 4.05. The summed E-state index contributed by atoms with van der Waals surface area (Å²) >= 11 is 5.87. The average Bonchev–Trinajstić information content (AvgIpc) is 2.38. The van der Waals surface area contributed by atoms with Crippen LogP contribution >= 0.6 is 11.6 Å². The molecule has 0 saturated carbocycles. The maximum atomic E-state index is 12.9. The molecule has 0 amide bonds. The van der Waals surface area contributed by atoms with Crippen LogP contribution in [0, 0.1) is 15.9 Å². The number of nitrogens with one attached hydrogen (secondary N) is 1. The molecular weight excluding hydrogens is 287 g/mol. The van der Waals surface area contributed by atoms with Crippen LogP contribution < -0.4 is 5.32 Å². The first-order valence-electron chi connectivity index (χ1n) is 5.62. The van der Waals surface area contributed by atoms with Crippen molar-refractivity contribution >= 4 is 23.0 Å². The van der Waals surface area contributed by atoms with Crippen molar-refractivity contribution in [2.75, 3.05) is 5.32 Å². The molecule has 0 heterocycles. The number of hydrogen-bond donors (Lipinski definition) is 2. The number of rotatable bonds is 4. The van der Waals surface area contributed by atoms with Crippen LogP contribution in [0.4, 0.5) is 15.8 Å². The largest absolute Gasteiger partial charge is 0.508 e. The van der Waals surface area contributed by atoms with E-state index >= 15 is 0 Å². The lowest BCUT2D eigenvalue weighted by atomic mass is 10.2. The van der Waals surface area contributed by atoms with Gasteiger partial charge in [0, 0.05) is 11.6 Å². The van der Waals surface area contributed by atoms with Crippen molar-refractivity contribution in [1.82, 2.24) is 0 Å². The Balaban J connectivity index is 2.20. The van der Waals surface area contributed by atoms with Gasteiger partial charge in [-0.15, -0.1) is 0 Å². The average molecular weight is 297 g/mol. The lowest BCUT2D eigenvalue weighted by Gasteiger charge is -2.09. The van der Waals surface area contributed by atoms with E-state index in [1.165, 1.54) is 30.3 Å². The minimum Gasteiger partial charge on any atom is -0.508 e. The van der Waals surface area contributed by atoms with Crippen LogP contribution in [0.25, 0.3) is 0 Å². The molecule has 0 aliphatic carbocycles. The van der Waals surface area contributed by atoms with Crippen LogP contribution in [0.3, 0.4) is 0 Å². The number of hydrogen-bond acceptors (Lipinski definition) is 4. The summed E-state index contributed by atoms with van der Waals surface area (Å²) in [4.78, 5) is 10.3. The van der Waals surface area contributed by atoms with E-state index in [4.69, 9.17) is 11.6 Å². The Morgan fingerprint density at radius 1 is 1.30 bits per heavy atom. The highest BCUT2D eigenvalue weighted by atomic mass is 35.5. The van der Waals surface area contributed by atoms with Crippen molar-refractivity contribution in [1.29, 1.82) is 0 Å². The molecule has 0 saturated heterocycles. The van der Waals surface area contributed by atoms with Gasteiger partial charge in [0.05, 0.1) is 11.0 Å². The summed E-state index contributed by atoms with van der Waals surface area (Å²) in [7, 11) is 0. The second kappa shape index (κ2) is 5.75. The number of phenolic OH excluding ortho intramolecular Hbond substituents is 1. The van der Waals surface area contributed by atoms with Gasteiger partial charge in [-0.05, 0) is 29.8 Å². The van der Waals surface area contributed by atoms with Crippen molar-refractivity contribution in [3.8, 4) is 5.75 Å². The summed E-state index contributed by atoms with van der Waals surface area (Å²) in [6, 6.07) is 7.70. The first-order chi connectivity index (χ1) is 9.47. The number of nitrogens with zero attached hydrogens (tertiary/aromatic N) is 1. The molecule has 7 heteroatoms. The van der Waals surface area contributed by atoms with E-state index in [9.17, 15) is 19.6 Å². The Bertz CT molecular complexity index is 664. The van der Waals surface area contributed by atoms with Gasteiger partial charge in [-0.25, -0.2) is 4.39 Å². The third kappa shape index (κ3) is 3.16. The predicted molar refractivity (Wildman–Crippen MR) is 73.5 cm³/mol. The van der Waals surface area contributed by atoms with Crippen LogP contribution in [-0.4, -0.2) is 10.0 Å². The lowest BCUT2D eigenvalue weighted by Crippen LogP contribution is -2.03. The molecule has 0 aromatic heterocycles. The number of halogens is 2. The minimum atomic E-state index is -0.603. The molecule has 5 nitrogen and oxygen atoms in total. The minimum absolute atomic E-state index is 0.193. The fourth-order valence-corrected chi connectivity index (χ4v) is 1.91. The first-order valence-corrected chi connectivity index (χ1v) is 6.00. The van der Waals surface area contributed by atoms with Crippen molar-refractivity contribution in [2.45, 2.75) is 6.54 Å². The van der Waals surface area contributed by atoms with Gasteiger partial charge in [0.1, 0.15) is 17.3 Å². The van der Waals surface area contributed by atoms with E-state index in [0.29, 0.717) is 5.56 Å². The van der Waals surface area contributed by atoms with Gasteiger partial charge < -0.3 is 10.4 Å². The Labute approximate surface area is 118 Å². The normalized spacial score (nSPS) is 10.3. The molecule has 0 aliphatic rings. The van der Waals surface area contributed by atoms with Crippen LogP contribution in [0.15, 0.2) is 36.4 Å². The van der Waals surface area contributed by atoms with E-state index in [-0.39, 0.29) is 28.7 Å². The monoisotopic (exact) mass is 296 g/mol. The van der Waals surface area contributed by atoms with Crippen LogP contribution in [-0.2, 0) is 6.54 Å². The Hall–Kier alpha value is -2.34. The molecule has 0 bridgehead atoms. The summed E-state index contributed by atoms with van der Waals surface area (Å²) < 4.78 is 12.9. The molecule has 0 radical (unpaired) electrons. The maximum absolute atomic E-state index is 12.9. The van der Waals surface area contributed by atoms with Crippen molar-refractivity contribution in [3.63, 3.8) is 0 Å². The fourth-order valence-electron chi connectivity index (χ4n) is 1.68. The van der Waals surface area contributed by atoms with Crippen molar-refractivity contribution in [3.05, 3.63) is 62.9 Å². The van der Waals surface area contributed by atoms with Crippen molar-refractivity contribution in [2.24, 2.45) is 0 Å². The summed E-state index contributed by atoms with van der Waals surface area (Å²) in [5.41, 5.74) is 0.604. The SMILES string of the molecule is O=[N+]([O-])c1cc(O)ccc1NCc1ccc(F)cc1Cl. The Morgan fingerprint density at radius 2 is 2.05 bits per heavy atom. The third-order valence-corrected chi connectivity index (χ3v) is 3.01. The molecule has 104 valence electrons. The molecule has 2 rings (SSSR count). The van der Waals surface area contributed by atoms with Gasteiger partial charge in [-0.3, -0.25) is 10.1 Å². The second-order valence-electron chi connectivity index (χ2n) is 4.05. The third-order valence-electron chi connectivity index (χ3n) is 2.66. The molecule has 0 aliphatic heterocycles. The summed E-state index contributed by atoms with van der Waals surface area (Å²) in [5, 5.41) is 23.2. The van der Waals surface area contributed by atoms with Gasteiger partial charge >= 0.3 is 0 Å². The Morgan fingerprint density at radius 3 is 2.70 bits per heavy atom. The number of benzene rings is 2. The lowest BCUT2D eigenvalue weighted by molar-refractivity contribution is -0.384. The highest BCUT2D eigenvalue weighted by molar-refractivity contribution is 6.31. The molecule has 20 heavy (non-hydrogen) atoms. The number of phenols is 1. The van der Waals surface area contributed by atoms with E-state index < -0.39 is 10.7 Å². The molecule has 0 fully saturated rings. The molecule has 2 aromatic carbocycles. The van der Waals surface area contributed by atoms with E-state index in [0.717, 1.165) is 6.07 Å². The van der Waals surface area contributed by atoms with Crippen molar-refractivity contribution < 1.29 is 14.4 Å².